The molecule has 1 saturated heterocycles. The fourth-order valence-electron chi connectivity index (χ4n) is 3.36. The van der Waals surface area contributed by atoms with Gasteiger partial charge in [-0.3, -0.25) is 4.79 Å². The van der Waals surface area contributed by atoms with E-state index in [-0.39, 0.29) is 10.5 Å². The standard InChI is InChI=1S/C20H31N3O5S/c1-5-23(6-2)29(26,27)16-7-8-18(22-11-9-14(3)10-12-22)17(13-16)20(25)28-15(4)19(21)24/h7-8,13-15H,5-6,9-12H2,1-4H3,(H2,21,24)/t15-/m0/s1. The number of sulfonamides is 1. The molecule has 2 N–H and O–H groups in total. The highest BCUT2D eigenvalue weighted by atomic mass is 32.2. The molecule has 0 bridgehead atoms. The molecule has 1 heterocycles. The SMILES string of the molecule is CCN(CC)S(=O)(=O)c1ccc(N2CCC(C)CC2)c(C(=O)O[C@@H](C)C(N)=O)c1. The maximum absolute atomic E-state index is 12.9. The molecule has 0 aliphatic carbocycles. The molecule has 29 heavy (non-hydrogen) atoms. The molecule has 1 amide bonds. The molecule has 2 rings (SSSR count). The van der Waals surface area contributed by atoms with Crippen molar-refractivity contribution in [2.24, 2.45) is 11.7 Å². The van der Waals surface area contributed by atoms with Gasteiger partial charge in [0.15, 0.2) is 6.10 Å². The van der Waals surface area contributed by atoms with Gasteiger partial charge in [-0.2, -0.15) is 4.31 Å². The molecule has 8 nitrogen and oxygen atoms in total. The average Bonchev–Trinajstić information content (AvgIpc) is 2.68. The Labute approximate surface area is 173 Å². The van der Waals surface area contributed by atoms with Crippen molar-refractivity contribution in [2.45, 2.75) is 51.5 Å². The summed E-state index contributed by atoms with van der Waals surface area (Å²) >= 11 is 0. The zero-order valence-electron chi connectivity index (χ0n) is 17.6. The van der Waals surface area contributed by atoms with E-state index in [0.717, 1.165) is 25.9 Å². The number of hydrogen-bond acceptors (Lipinski definition) is 6. The zero-order valence-corrected chi connectivity index (χ0v) is 18.4. The lowest BCUT2D eigenvalue weighted by Gasteiger charge is -2.33. The van der Waals surface area contributed by atoms with Crippen molar-refractivity contribution in [3.8, 4) is 0 Å². The average molecular weight is 426 g/mol. The number of nitrogens with zero attached hydrogens (tertiary/aromatic N) is 2. The second-order valence-corrected chi connectivity index (χ2v) is 9.33. The molecule has 1 aliphatic heterocycles. The molecular weight excluding hydrogens is 394 g/mol. The van der Waals surface area contributed by atoms with Crippen molar-refractivity contribution in [3.05, 3.63) is 23.8 Å². The molecule has 0 spiro atoms. The van der Waals surface area contributed by atoms with E-state index < -0.39 is 28.0 Å². The minimum atomic E-state index is -3.74. The lowest BCUT2D eigenvalue weighted by atomic mass is 9.98. The molecule has 0 radical (unpaired) electrons. The summed E-state index contributed by atoms with van der Waals surface area (Å²) in [6.07, 6.45) is 0.844. The van der Waals surface area contributed by atoms with Crippen molar-refractivity contribution < 1.29 is 22.7 Å². The Hall–Kier alpha value is -2.13. The third kappa shape index (κ3) is 5.27. The van der Waals surface area contributed by atoms with Gasteiger partial charge >= 0.3 is 5.97 Å². The molecule has 162 valence electrons. The van der Waals surface area contributed by atoms with Crippen molar-refractivity contribution in [1.82, 2.24) is 4.31 Å². The number of nitrogens with two attached hydrogens (primary N) is 1. The first-order chi connectivity index (χ1) is 13.6. The Morgan fingerprint density at radius 2 is 1.83 bits per heavy atom. The Kier molecular flexibility index (Phi) is 7.65. The van der Waals surface area contributed by atoms with Crippen LogP contribution in [0.2, 0.25) is 0 Å². The number of benzene rings is 1. The molecule has 0 saturated carbocycles. The van der Waals surface area contributed by atoms with Crippen LogP contribution in [0.1, 0.15) is 50.9 Å². The number of carbonyl (C=O) groups excluding carboxylic acids is 2. The number of hydrogen-bond donors (Lipinski definition) is 1. The van der Waals surface area contributed by atoms with E-state index >= 15 is 0 Å². The van der Waals surface area contributed by atoms with Gasteiger partial charge in [0.25, 0.3) is 5.91 Å². The minimum Gasteiger partial charge on any atom is -0.449 e. The fourth-order valence-corrected chi connectivity index (χ4v) is 4.84. The van der Waals surface area contributed by atoms with Crippen molar-refractivity contribution in [1.29, 1.82) is 0 Å². The summed E-state index contributed by atoms with van der Waals surface area (Å²) in [4.78, 5) is 26.2. The van der Waals surface area contributed by atoms with E-state index in [1.807, 2.05) is 0 Å². The lowest BCUT2D eigenvalue weighted by molar-refractivity contribution is -0.125. The summed E-state index contributed by atoms with van der Waals surface area (Å²) in [6.45, 7) is 9.25. The number of anilines is 1. The van der Waals surface area contributed by atoms with Crippen LogP contribution in [0.4, 0.5) is 5.69 Å². The number of primary amides is 1. The van der Waals surface area contributed by atoms with Crippen LogP contribution in [-0.2, 0) is 19.6 Å². The Balaban J connectivity index is 2.49. The number of ether oxygens (including phenoxy) is 1. The van der Waals surface area contributed by atoms with Crippen LogP contribution in [0.3, 0.4) is 0 Å². The molecule has 0 unspecified atom stereocenters. The summed E-state index contributed by atoms with van der Waals surface area (Å²) in [5.74, 6) is -0.931. The van der Waals surface area contributed by atoms with Crippen LogP contribution < -0.4 is 10.6 Å². The molecule has 1 aliphatic rings. The summed E-state index contributed by atoms with van der Waals surface area (Å²) < 4.78 is 32.3. The van der Waals surface area contributed by atoms with Crippen LogP contribution in [0.15, 0.2) is 23.1 Å². The number of amides is 1. The van der Waals surface area contributed by atoms with Crippen molar-refractivity contribution >= 4 is 27.6 Å². The van der Waals surface area contributed by atoms with Crippen molar-refractivity contribution in [2.75, 3.05) is 31.1 Å². The first-order valence-corrected chi connectivity index (χ1v) is 11.4. The van der Waals surface area contributed by atoms with Gasteiger partial charge in [0.2, 0.25) is 10.0 Å². The van der Waals surface area contributed by atoms with Gasteiger partial charge in [0.1, 0.15) is 0 Å². The Bertz CT molecular complexity index is 844. The van der Waals surface area contributed by atoms with Gasteiger partial charge in [-0.05, 0) is 43.9 Å². The first kappa shape index (κ1) is 23.2. The molecule has 1 atom stereocenters. The molecular formula is C20H31N3O5S. The fraction of sp³-hybridized carbons (Fsp3) is 0.600. The Morgan fingerprint density at radius 3 is 2.34 bits per heavy atom. The largest absolute Gasteiger partial charge is 0.449 e. The van der Waals surface area contributed by atoms with Gasteiger partial charge in [-0.1, -0.05) is 20.8 Å². The van der Waals surface area contributed by atoms with Crippen LogP contribution in [-0.4, -0.2) is 56.9 Å². The van der Waals surface area contributed by atoms with Crippen LogP contribution in [0.5, 0.6) is 0 Å². The summed E-state index contributed by atoms with van der Waals surface area (Å²) in [5.41, 5.74) is 5.94. The van der Waals surface area contributed by atoms with E-state index in [0.29, 0.717) is 24.7 Å². The predicted molar refractivity (Wildman–Crippen MR) is 111 cm³/mol. The van der Waals surface area contributed by atoms with E-state index in [1.165, 1.54) is 23.4 Å². The second kappa shape index (κ2) is 9.58. The third-order valence-corrected chi connectivity index (χ3v) is 7.39. The molecule has 1 aromatic carbocycles. The van der Waals surface area contributed by atoms with Crippen LogP contribution >= 0.6 is 0 Å². The van der Waals surface area contributed by atoms with E-state index in [4.69, 9.17) is 10.5 Å². The second-order valence-electron chi connectivity index (χ2n) is 7.39. The highest BCUT2D eigenvalue weighted by Crippen LogP contribution is 2.30. The van der Waals surface area contributed by atoms with Crippen molar-refractivity contribution in [3.63, 3.8) is 0 Å². The lowest BCUT2D eigenvalue weighted by Crippen LogP contribution is -2.35. The monoisotopic (exact) mass is 425 g/mol. The number of rotatable bonds is 8. The topological polar surface area (TPSA) is 110 Å². The normalized spacial score (nSPS) is 16.7. The molecule has 0 aromatic heterocycles. The van der Waals surface area contributed by atoms with Gasteiger partial charge in [0, 0.05) is 26.2 Å². The predicted octanol–water partition coefficient (Wildman–Crippen LogP) is 1.98. The van der Waals surface area contributed by atoms with E-state index in [9.17, 15) is 18.0 Å². The summed E-state index contributed by atoms with van der Waals surface area (Å²) in [7, 11) is -3.74. The van der Waals surface area contributed by atoms with E-state index in [2.05, 4.69) is 11.8 Å². The van der Waals surface area contributed by atoms with Gasteiger partial charge in [0.05, 0.1) is 16.1 Å². The summed E-state index contributed by atoms with van der Waals surface area (Å²) in [6, 6.07) is 4.52. The minimum absolute atomic E-state index is 0.0222. The number of piperidine rings is 1. The zero-order chi connectivity index (χ0) is 21.8. The van der Waals surface area contributed by atoms with Crippen LogP contribution in [0, 0.1) is 5.92 Å². The van der Waals surface area contributed by atoms with Gasteiger partial charge < -0.3 is 15.4 Å². The Morgan fingerprint density at radius 1 is 1.24 bits per heavy atom. The smallest absolute Gasteiger partial charge is 0.341 e. The maximum Gasteiger partial charge on any atom is 0.341 e. The first-order valence-electron chi connectivity index (χ1n) is 10.0. The molecule has 1 fully saturated rings. The third-order valence-electron chi connectivity index (χ3n) is 5.34. The number of carbonyl (C=O) groups is 2. The molecule has 9 heteroatoms. The quantitative estimate of drug-likeness (QED) is 0.638. The highest BCUT2D eigenvalue weighted by Gasteiger charge is 2.28. The van der Waals surface area contributed by atoms with Gasteiger partial charge in [-0.25, -0.2) is 13.2 Å². The summed E-state index contributed by atoms with van der Waals surface area (Å²) in [5, 5.41) is 0. The number of esters is 1. The van der Waals surface area contributed by atoms with E-state index in [1.54, 1.807) is 19.9 Å². The highest BCUT2D eigenvalue weighted by molar-refractivity contribution is 7.89. The molecule has 1 aromatic rings. The van der Waals surface area contributed by atoms with Crippen LogP contribution in [0.25, 0.3) is 0 Å². The van der Waals surface area contributed by atoms with Gasteiger partial charge in [-0.15, -0.1) is 0 Å². The maximum atomic E-state index is 12.9.